The Morgan fingerprint density at radius 2 is 1.84 bits per heavy atom. The topological polar surface area (TPSA) is 109 Å². The van der Waals surface area contributed by atoms with Crippen LogP contribution in [0.15, 0.2) is 58.1 Å². The van der Waals surface area contributed by atoms with Gasteiger partial charge >= 0.3 is 6.03 Å². The van der Waals surface area contributed by atoms with E-state index in [0.717, 1.165) is 12.2 Å². The second-order valence-electron chi connectivity index (χ2n) is 7.21. The minimum atomic E-state index is -3.92. The first-order valence-corrected chi connectivity index (χ1v) is 12.0. The zero-order chi connectivity index (χ0) is 22.7. The lowest BCUT2D eigenvalue weighted by atomic mass is 10.2. The van der Waals surface area contributed by atoms with E-state index in [-0.39, 0.29) is 4.90 Å². The molecular formula is C21H22ClN5O4S. The third kappa shape index (κ3) is 4.71. The summed E-state index contributed by atoms with van der Waals surface area (Å²) >= 11 is 6.46. The van der Waals surface area contributed by atoms with Crippen molar-refractivity contribution in [1.82, 2.24) is 19.6 Å². The summed E-state index contributed by atoms with van der Waals surface area (Å²) in [4.78, 5) is 24.6. The number of sulfonamides is 1. The molecule has 0 saturated carbocycles. The van der Waals surface area contributed by atoms with Crippen LogP contribution in [-0.4, -0.2) is 55.5 Å². The van der Waals surface area contributed by atoms with Crippen molar-refractivity contribution >= 4 is 33.5 Å². The predicted octanol–water partition coefficient (Wildman–Crippen LogP) is 3.17. The lowest BCUT2D eigenvalue weighted by Gasteiger charge is -2.35. The Bertz CT molecular complexity index is 1210. The number of pyridine rings is 1. The summed E-state index contributed by atoms with van der Waals surface area (Å²) in [7, 11) is -3.92. The predicted molar refractivity (Wildman–Crippen MR) is 120 cm³/mol. The molecule has 0 unspecified atom stereocenters. The minimum Gasteiger partial charge on any atom is -0.441 e. The second-order valence-corrected chi connectivity index (χ2v) is 9.30. The zero-order valence-corrected chi connectivity index (χ0v) is 18.9. The van der Waals surface area contributed by atoms with Gasteiger partial charge in [0.25, 0.3) is 10.0 Å². The van der Waals surface area contributed by atoms with Crippen molar-refractivity contribution in [3.63, 3.8) is 0 Å². The van der Waals surface area contributed by atoms with Crippen molar-refractivity contribution in [2.75, 3.05) is 31.1 Å². The first-order valence-electron chi connectivity index (χ1n) is 10.1. The molecule has 1 saturated heterocycles. The molecule has 1 aromatic carbocycles. The Kier molecular flexibility index (Phi) is 6.33. The number of carbonyl (C=O) groups is 1. The molecule has 0 spiro atoms. The minimum absolute atomic E-state index is 0.0418. The largest absolute Gasteiger partial charge is 0.441 e. The van der Waals surface area contributed by atoms with Crippen LogP contribution in [0.2, 0.25) is 5.02 Å². The highest BCUT2D eigenvalue weighted by Crippen LogP contribution is 2.29. The van der Waals surface area contributed by atoms with E-state index in [1.165, 1.54) is 17.0 Å². The Balaban J connectivity index is 1.38. The van der Waals surface area contributed by atoms with Gasteiger partial charge in [-0.3, -0.25) is 0 Å². The van der Waals surface area contributed by atoms with Gasteiger partial charge in [0.15, 0.2) is 0 Å². The maximum Gasteiger partial charge on any atom is 0.331 e. The van der Waals surface area contributed by atoms with Gasteiger partial charge in [-0.15, -0.1) is 0 Å². The van der Waals surface area contributed by atoms with E-state index in [1.54, 1.807) is 36.7 Å². The quantitative estimate of drug-likeness (QED) is 0.603. The molecule has 0 bridgehead atoms. The highest BCUT2D eigenvalue weighted by molar-refractivity contribution is 7.90. The molecule has 1 aliphatic rings. The first-order chi connectivity index (χ1) is 15.4. The Morgan fingerprint density at radius 1 is 1.12 bits per heavy atom. The Morgan fingerprint density at radius 3 is 2.47 bits per heavy atom. The normalized spacial score (nSPS) is 14.4. The molecule has 1 N–H and O–H groups in total. The van der Waals surface area contributed by atoms with Gasteiger partial charge in [0.2, 0.25) is 5.89 Å². The number of piperazine rings is 1. The van der Waals surface area contributed by atoms with Crippen LogP contribution in [0.1, 0.15) is 12.7 Å². The number of aromatic nitrogens is 2. The second kappa shape index (κ2) is 9.17. The van der Waals surface area contributed by atoms with Crippen molar-refractivity contribution in [1.29, 1.82) is 0 Å². The van der Waals surface area contributed by atoms with Crippen molar-refractivity contribution in [2.45, 2.75) is 18.2 Å². The monoisotopic (exact) mass is 475 g/mol. The van der Waals surface area contributed by atoms with Gasteiger partial charge in [-0.1, -0.05) is 36.7 Å². The molecule has 0 atom stereocenters. The van der Waals surface area contributed by atoms with Crippen LogP contribution in [-0.2, 0) is 16.4 Å². The number of urea groups is 1. The van der Waals surface area contributed by atoms with Gasteiger partial charge in [-0.2, -0.15) is 0 Å². The lowest BCUT2D eigenvalue weighted by molar-refractivity contribution is 0.200. The van der Waals surface area contributed by atoms with E-state index >= 15 is 0 Å². The average molecular weight is 476 g/mol. The van der Waals surface area contributed by atoms with Gasteiger partial charge in [-0.25, -0.2) is 27.9 Å². The van der Waals surface area contributed by atoms with Crippen molar-refractivity contribution in [3.05, 3.63) is 59.6 Å². The number of halogens is 1. The summed E-state index contributed by atoms with van der Waals surface area (Å²) in [6.07, 6.45) is 4.08. The number of nitrogens with zero attached hydrogens (tertiary/aromatic N) is 4. The van der Waals surface area contributed by atoms with Gasteiger partial charge < -0.3 is 14.2 Å². The number of oxazole rings is 1. The van der Waals surface area contributed by atoms with E-state index < -0.39 is 16.1 Å². The van der Waals surface area contributed by atoms with Crippen molar-refractivity contribution in [3.8, 4) is 11.5 Å². The highest BCUT2D eigenvalue weighted by atomic mass is 35.5. The zero-order valence-electron chi connectivity index (χ0n) is 17.4. The summed E-state index contributed by atoms with van der Waals surface area (Å²) < 4.78 is 32.5. The SMILES string of the molecule is CCc1cnc(-c2cnc(N3CCN(C(=O)NS(=O)(=O)c4ccccc4)CC3)c(Cl)c2)o1. The fourth-order valence-electron chi connectivity index (χ4n) is 3.34. The number of anilines is 1. The van der Waals surface area contributed by atoms with E-state index in [4.69, 9.17) is 16.0 Å². The van der Waals surface area contributed by atoms with Crippen molar-refractivity contribution in [2.24, 2.45) is 0 Å². The molecule has 3 aromatic rings. The van der Waals surface area contributed by atoms with Gasteiger partial charge in [0, 0.05) is 38.8 Å². The van der Waals surface area contributed by atoms with E-state index in [2.05, 4.69) is 14.7 Å². The third-order valence-electron chi connectivity index (χ3n) is 5.11. The summed E-state index contributed by atoms with van der Waals surface area (Å²) in [6.45, 7) is 3.56. The number of aryl methyl sites for hydroxylation is 1. The van der Waals surface area contributed by atoms with Gasteiger partial charge in [-0.05, 0) is 18.2 Å². The van der Waals surface area contributed by atoms with E-state index in [1.807, 2.05) is 11.8 Å². The molecule has 1 aliphatic heterocycles. The number of rotatable bonds is 5. The summed E-state index contributed by atoms with van der Waals surface area (Å²) in [5, 5.41) is 0.448. The average Bonchev–Trinajstić information content (AvgIpc) is 3.29. The number of hydrogen-bond donors (Lipinski definition) is 1. The Hall–Kier alpha value is -3.11. The standard InChI is InChI=1S/C21H22ClN5O4S/c1-2-16-14-24-20(31-16)15-12-18(22)19(23-13-15)26-8-10-27(11-9-26)21(28)25-32(29,30)17-6-4-3-5-7-17/h3-7,12-14H,2,8-11H2,1H3,(H,25,28). The fraction of sp³-hybridized carbons (Fsp3) is 0.286. The summed E-state index contributed by atoms with van der Waals surface area (Å²) in [6, 6.07) is 8.88. The third-order valence-corrected chi connectivity index (χ3v) is 6.73. The first kappa shape index (κ1) is 22.1. The van der Waals surface area contributed by atoms with Crippen LogP contribution in [0.3, 0.4) is 0 Å². The molecular weight excluding hydrogens is 454 g/mol. The maximum atomic E-state index is 12.5. The number of benzene rings is 1. The van der Waals surface area contributed by atoms with Crippen LogP contribution >= 0.6 is 11.6 Å². The maximum absolute atomic E-state index is 12.5. The molecule has 32 heavy (non-hydrogen) atoms. The Labute approximate surface area is 191 Å². The molecule has 9 nitrogen and oxygen atoms in total. The lowest BCUT2D eigenvalue weighted by Crippen LogP contribution is -2.53. The molecule has 4 rings (SSSR count). The molecule has 11 heteroatoms. The number of nitrogens with one attached hydrogen (secondary N) is 1. The van der Waals surface area contributed by atoms with E-state index in [9.17, 15) is 13.2 Å². The number of hydrogen-bond acceptors (Lipinski definition) is 7. The van der Waals surface area contributed by atoms with Gasteiger partial charge in [0.05, 0.1) is 21.7 Å². The van der Waals surface area contributed by atoms with E-state index in [0.29, 0.717) is 48.5 Å². The summed E-state index contributed by atoms with van der Waals surface area (Å²) in [5.41, 5.74) is 0.683. The van der Waals surface area contributed by atoms with Crippen LogP contribution in [0, 0.1) is 0 Å². The molecule has 2 amide bonds. The molecule has 3 heterocycles. The van der Waals surface area contributed by atoms with Crippen LogP contribution in [0.25, 0.3) is 11.5 Å². The molecule has 1 fully saturated rings. The molecule has 168 valence electrons. The molecule has 2 aromatic heterocycles. The number of carbonyl (C=O) groups excluding carboxylic acids is 1. The van der Waals surface area contributed by atoms with Crippen LogP contribution in [0.5, 0.6) is 0 Å². The smallest absolute Gasteiger partial charge is 0.331 e. The number of amides is 2. The highest BCUT2D eigenvalue weighted by Gasteiger charge is 2.26. The molecule has 0 aliphatic carbocycles. The summed E-state index contributed by atoms with van der Waals surface area (Å²) in [5.74, 6) is 1.84. The van der Waals surface area contributed by atoms with Crippen molar-refractivity contribution < 1.29 is 17.6 Å². The fourth-order valence-corrected chi connectivity index (χ4v) is 4.62. The van der Waals surface area contributed by atoms with Crippen LogP contribution in [0.4, 0.5) is 10.6 Å². The molecule has 0 radical (unpaired) electrons. The van der Waals surface area contributed by atoms with Crippen LogP contribution < -0.4 is 9.62 Å². The van der Waals surface area contributed by atoms with Gasteiger partial charge in [0.1, 0.15) is 11.6 Å².